The van der Waals surface area contributed by atoms with Gasteiger partial charge in [0.15, 0.2) is 0 Å². The van der Waals surface area contributed by atoms with Crippen LogP contribution >= 0.6 is 0 Å². The molecule has 1 atom stereocenters. The summed E-state index contributed by atoms with van der Waals surface area (Å²) < 4.78 is 29.0. The van der Waals surface area contributed by atoms with Gasteiger partial charge in [-0.25, -0.2) is 0 Å². The monoisotopic (exact) mass is 292 g/mol. The molecular weight excluding hydrogens is 274 g/mol. The number of nitrogens with two attached hydrogens (primary N) is 1. The number of aryl methyl sites for hydroxylation is 1. The molecule has 0 aromatic heterocycles. The Morgan fingerprint density at radius 2 is 1.90 bits per heavy atom. The van der Waals surface area contributed by atoms with E-state index in [-0.39, 0.29) is 11.8 Å². The summed E-state index contributed by atoms with van der Waals surface area (Å²) in [5.41, 5.74) is 5.85. The minimum Gasteiger partial charge on any atom is -0.435 e. The topological polar surface area (TPSA) is 47.3 Å². The highest BCUT2D eigenvalue weighted by molar-refractivity contribution is 5.33. The van der Waals surface area contributed by atoms with Crippen LogP contribution in [-0.2, 0) is 6.42 Å². The van der Waals surface area contributed by atoms with Crippen LogP contribution in [0.15, 0.2) is 48.5 Å². The van der Waals surface area contributed by atoms with Crippen molar-refractivity contribution in [1.82, 2.24) is 5.43 Å². The summed E-state index contributed by atoms with van der Waals surface area (Å²) in [6.07, 6.45) is 0.668. The number of halogens is 2. The highest BCUT2D eigenvalue weighted by Crippen LogP contribution is 2.24. The normalized spacial score (nSPS) is 12.4. The zero-order chi connectivity index (χ0) is 15.2. The smallest absolute Gasteiger partial charge is 0.387 e. The van der Waals surface area contributed by atoms with Crippen LogP contribution in [0, 0.1) is 6.92 Å². The van der Waals surface area contributed by atoms with Gasteiger partial charge in [0.2, 0.25) is 0 Å². The Morgan fingerprint density at radius 3 is 2.57 bits per heavy atom. The first-order valence-corrected chi connectivity index (χ1v) is 6.65. The number of hydrazine groups is 1. The van der Waals surface area contributed by atoms with E-state index in [1.165, 1.54) is 6.07 Å². The van der Waals surface area contributed by atoms with Gasteiger partial charge in [-0.15, -0.1) is 0 Å². The highest BCUT2D eigenvalue weighted by Gasteiger charge is 2.13. The second-order valence-electron chi connectivity index (χ2n) is 4.80. The number of ether oxygens (including phenoxy) is 1. The lowest BCUT2D eigenvalue weighted by Gasteiger charge is -2.18. The van der Waals surface area contributed by atoms with Gasteiger partial charge in [0.05, 0.1) is 6.04 Å². The number of hydrogen-bond acceptors (Lipinski definition) is 3. The van der Waals surface area contributed by atoms with Crippen molar-refractivity contribution >= 4 is 0 Å². The zero-order valence-electron chi connectivity index (χ0n) is 11.7. The Labute approximate surface area is 122 Å². The van der Waals surface area contributed by atoms with Crippen molar-refractivity contribution in [2.75, 3.05) is 0 Å². The molecule has 0 aliphatic rings. The summed E-state index contributed by atoms with van der Waals surface area (Å²) in [6, 6.07) is 14.4. The maximum absolute atomic E-state index is 12.3. The Balaban J connectivity index is 2.19. The van der Waals surface area contributed by atoms with E-state index in [0.29, 0.717) is 6.42 Å². The predicted molar refractivity (Wildman–Crippen MR) is 78.0 cm³/mol. The first kappa shape index (κ1) is 15.4. The van der Waals surface area contributed by atoms with Gasteiger partial charge in [-0.3, -0.25) is 11.3 Å². The molecule has 0 saturated carbocycles. The zero-order valence-corrected chi connectivity index (χ0v) is 11.7. The van der Waals surface area contributed by atoms with Gasteiger partial charge in [-0.1, -0.05) is 36.4 Å². The van der Waals surface area contributed by atoms with Crippen LogP contribution in [0.5, 0.6) is 5.75 Å². The average Bonchev–Trinajstić information content (AvgIpc) is 2.46. The van der Waals surface area contributed by atoms with Crippen LogP contribution in [0.4, 0.5) is 8.78 Å². The number of nitrogens with one attached hydrogen (secondary N) is 1. The molecule has 2 rings (SSSR count). The highest BCUT2D eigenvalue weighted by atomic mass is 19.3. The fourth-order valence-corrected chi connectivity index (χ4v) is 2.24. The summed E-state index contributed by atoms with van der Waals surface area (Å²) in [4.78, 5) is 0. The summed E-state index contributed by atoms with van der Waals surface area (Å²) in [5, 5.41) is 0. The first-order chi connectivity index (χ1) is 10.1. The molecule has 0 spiro atoms. The molecule has 0 aliphatic carbocycles. The van der Waals surface area contributed by atoms with E-state index >= 15 is 0 Å². The maximum atomic E-state index is 12.3. The molecule has 0 saturated heterocycles. The van der Waals surface area contributed by atoms with E-state index in [1.54, 1.807) is 12.1 Å². The molecule has 0 fully saturated rings. The second kappa shape index (κ2) is 7.15. The van der Waals surface area contributed by atoms with Crippen LogP contribution < -0.4 is 16.0 Å². The molecule has 2 aromatic rings. The standard InChI is InChI=1S/C16H18F2N2O/c1-11-5-2-3-6-12(11)10-15(20-19)13-7-4-8-14(9-13)21-16(17)18/h2-9,15-16,20H,10,19H2,1H3. The number of rotatable bonds is 6. The molecule has 0 radical (unpaired) electrons. The third kappa shape index (κ3) is 4.24. The summed E-state index contributed by atoms with van der Waals surface area (Å²) in [7, 11) is 0. The van der Waals surface area contributed by atoms with Crippen molar-refractivity contribution < 1.29 is 13.5 Å². The Morgan fingerprint density at radius 1 is 1.14 bits per heavy atom. The van der Waals surface area contributed by atoms with E-state index in [1.807, 2.05) is 37.3 Å². The van der Waals surface area contributed by atoms with Crippen molar-refractivity contribution in [3.63, 3.8) is 0 Å². The van der Waals surface area contributed by atoms with E-state index in [9.17, 15) is 8.78 Å². The second-order valence-corrected chi connectivity index (χ2v) is 4.80. The lowest BCUT2D eigenvalue weighted by Crippen LogP contribution is -2.29. The van der Waals surface area contributed by atoms with E-state index in [2.05, 4.69) is 10.2 Å². The fourth-order valence-electron chi connectivity index (χ4n) is 2.24. The van der Waals surface area contributed by atoms with Gasteiger partial charge < -0.3 is 4.74 Å². The molecular formula is C16H18F2N2O. The van der Waals surface area contributed by atoms with Crippen LogP contribution in [0.1, 0.15) is 22.7 Å². The SMILES string of the molecule is Cc1ccccc1CC(NN)c1cccc(OC(F)F)c1. The van der Waals surface area contributed by atoms with Crippen LogP contribution in [0.3, 0.4) is 0 Å². The fraction of sp³-hybridized carbons (Fsp3) is 0.250. The third-order valence-electron chi connectivity index (χ3n) is 3.37. The minimum atomic E-state index is -2.83. The molecule has 3 N–H and O–H groups in total. The Bertz CT molecular complexity index is 590. The molecule has 112 valence electrons. The quantitative estimate of drug-likeness (QED) is 0.634. The van der Waals surface area contributed by atoms with Crippen LogP contribution in [0.2, 0.25) is 0 Å². The maximum Gasteiger partial charge on any atom is 0.387 e. The Hall–Kier alpha value is -1.98. The molecule has 0 aliphatic heterocycles. The van der Waals surface area contributed by atoms with Gasteiger partial charge in [0, 0.05) is 0 Å². The Kier molecular flexibility index (Phi) is 5.25. The molecule has 5 heteroatoms. The molecule has 0 amide bonds. The molecule has 2 aromatic carbocycles. The lowest BCUT2D eigenvalue weighted by molar-refractivity contribution is -0.0499. The summed E-state index contributed by atoms with van der Waals surface area (Å²) >= 11 is 0. The van der Waals surface area contributed by atoms with Crippen LogP contribution in [0.25, 0.3) is 0 Å². The third-order valence-corrected chi connectivity index (χ3v) is 3.37. The molecule has 21 heavy (non-hydrogen) atoms. The molecule has 0 heterocycles. The number of hydrogen-bond donors (Lipinski definition) is 2. The molecule has 1 unspecified atom stereocenters. The van der Waals surface area contributed by atoms with E-state index < -0.39 is 6.61 Å². The van der Waals surface area contributed by atoms with Gasteiger partial charge in [-0.05, 0) is 42.2 Å². The van der Waals surface area contributed by atoms with Crippen molar-refractivity contribution in [3.05, 3.63) is 65.2 Å². The average molecular weight is 292 g/mol. The largest absolute Gasteiger partial charge is 0.435 e. The molecule has 0 bridgehead atoms. The van der Waals surface area contributed by atoms with Gasteiger partial charge >= 0.3 is 6.61 Å². The van der Waals surface area contributed by atoms with Gasteiger partial charge in [-0.2, -0.15) is 8.78 Å². The van der Waals surface area contributed by atoms with Crippen molar-refractivity contribution in [2.24, 2.45) is 5.84 Å². The van der Waals surface area contributed by atoms with Gasteiger partial charge in [0.1, 0.15) is 5.75 Å². The predicted octanol–water partition coefficient (Wildman–Crippen LogP) is 3.34. The minimum absolute atomic E-state index is 0.132. The van der Waals surface area contributed by atoms with Crippen molar-refractivity contribution in [1.29, 1.82) is 0 Å². The summed E-state index contributed by atoms with van der Waals surface area (Å²) in [6.45, 7) is -0.805. The first-order valence-electron chi connectivity index (χ1n) is 6.65. The van der Waals surface area contributed by atoms with Crippen molar-refractivity contribution in [2.45, 2.75) is 26.0 Å². The van der Waals surface area contributed by atoms with E-state index in [4.69, 9.17) is 5.84 Å². The van der Waals surface area contributed by atoms with Gasteiger partial charge in [0.25, 0.3) is 0 Å². The summed E-state index contributed by atoms with van der Waals surface area (Å²) in [5.74, 6) is 5.75. The van der Waals surface area contributed by atoms with E-state index in [0.717, 1.165) is 16.7 Å². The lowest BCUT2D eigenvalue weighted by atomic mass is 9.96. The van der Waals surface area contributed by atoms with Crippen molar-refractivity contribution in [3.8, 4) is 5.75 Å². The van der Waals surface area contributed by atoms with Crippen LogP contribution in [-0.4, -0.2) is 6.61 Å². The molecule has 3 nitrogen and oxygen atoms in total. The number of alkyl halides is 2. The number of benzene rings is 2.